The van der Waals surface area contributed by atoms with E-state index in [1.54, 1.807) is 18.3 Å². The topological polar surface area (TPSA) is 76.2 Å². The maximum atomic E-state index is 14.2. The summed E-state index contributed by atoms with van der Waals surface area (Å²) in [5.41, 5.74) is 2.27. The molecule has 2 N–H and O–H groups in total. The summed E-state index contributed by atoms with van der Waals surface area (Å²) in [5.74, 6) is 0.627. The maximum Gasteiger partial charge on any atom is 0.256 e. The molecule has 2 aromatic rings. The number of amides is 1. The van der Waals surface area contributed by atoms with Crippen molar-refractivity contribution in [3.05, 3.63) is 41.2 Å². The van der Waals surface area contributed by atoms with Crippen LogP contribution in [0.1, 0.15) is 49.7 Å². The number of nitrogens with zero attached hydrogens (tertiary/aromatic N) is 1. The average Bonchev–Trinajstić information content (AvgIpc) is 3.22. The van der Waals surface area contributed by atoms with Crippen molar-refractivity contribution in [3.8, 4) is 5.75 Å². The van der Waals surface area contributed by atoms with Crippen LogP contribution in [0.3, 0.4) is 0 Å². The number of carbonyl (C=O) groups excluding carboxylic acids is 1. The minimum atomic E-state index is -0.493. The number of carbonyl (C=O) groups is 1. The molecule has 2 aliphatic rings. The molecule has 1 saturated heterocycles. The number of hydrogen-bond donors (Lipinski definition) is 2. The largest absolute Gasteiger partial charge is 0.488 e. The predicted molar refractivity (Wildman–Crippen MR) is 100 cm³/mol. The van der Waals surface area contributed by atoms with Crippen molar-refractivity contribution in [3.63, 3.8) is 0 Å². The van der Waals surface area contributed by atoms with Gasteiger partial charge >= 0.3 is 0 Å². The van der Waals surface area contributed by atoms with E-state index < -0.39 is 5.82 Å². The number of nitrogens with one attached hydrogen (secondary N) is 2. The molecule has 0 saturated carbocycles. The first-order valence-electron chi connectivity index (χ1n) is 9.17. The summed E-state index contributed by atoms with van der Waals surface area (Å²) in [5, 5.41) is 2.71. The van der Waals surface area contributed by atoms with Crippen molar-refractivity contribution < 1.29 is 18.7 Å². The number of ether oxygens (including phenoxy) is 2. The molecule has 142 valence electrons. The number of benzene rings is 1. The summed E-state index contributed by atoms with van der Waals surface area (Å²) in [7, 11) is 0. The lowest BCUT2D eigenvalue weighted by Crippen LogP contribution is -2.15. The van der Waals surface area contributed by atoms with Gasteiger partial charge in [-0.25, -0.2) is 9.37 Å². The standard InChI is InChI=1S/C20H22FN3O3/c1-11(2)27-18-8-14-15(20(25)24-17(14)9-16(18)21)7-13-10-22-19(23-13)12-3-5-26-6-4-12/h7-12H,3-6H2,1-2H3,(H,22,23)(H,24,25)/b15-7-. The molecule has 6 nitrogen and oxygen atoms in total. The quantitative estimate of drug-likeness (QED) is 0.803. The van der Waals surface area contributed by atoms with E-state index in [1.807, 2.05) is 13.8 Å². The summed E-state index contributed by atoms with van der Waals surface area (Å²) < 4.78 is 25.1. The normalized spacial score (nSPS) is 18.8. The van der Waals surface area contributed by atoms with Crippen molar-refractivity contribution in [1.82, 2.24) is 9.97 Å². The molecule has 3 heterocycles. The lowest BCUT2D eigenvalue weighted by atomic mass is 10.00. The Balaban J connectivity index is 1.65. The Morgan fingerprint density at radius 1 is 1.33 bits per heavy atom. The number of H-pyrrole nitrogens is 1. The van der Waals surface area contributed by atoms with Crippen molar-refractivity contribution in [2.24, 2.45) is 0 Å². The minimum absolute atomic E-state index is 0.138. The van der Waals surface area contributed by atoms with E-state index in [0.29, 0.717) is 22.7 Å². The van der Waals surface area contributed by atoms with E-state index in [0.717, 1.165) is 37.6 Å². The molecule has 1 fully saturated rings. The smallest absolute Gasteiger partial charge is 0.256 e. The fourth-order valence-electron chi connectivity index (χ4n) is 3.44. The molecule has 0 spiro atoms. The van der Waals surface area contributed by atoms with Crippen molar-refractivity contribution in [2.75, 3.05) is 18.5 Å². The van der Waals surface area contributed by atoms with Crippen LogP contribution in [0.15, 0.2) is 18.3 Å². The van der Waals surface area contributed by atoms with Crippen LogP contribution in [0.4, 0.5) is 10.1 Å². The van der Waals surface area contributed by atoms with E-state index in [4.69, 9.17) is 9.47 Å². The summed E-state index contributed by atoms with van der Waals surface area (Å²) in [6.45, 7) is 5.13. The van der Waals surface area contributed by atoms with Gasteiger partial charge in [-0.2, -0.15) is 0 Å². The van der Waals surface area contributed by atoms with Gasteiger partial charge < -0.3 is 19.8 Å². The lowest BCUT2D eigenvalue weighted by Gasteiger charge is -2.19. The highest BCUT2D eigenvalue weighted by atomic mass is 19.1. The summed E-state index contributed by atoms with van der Waals surface area (Å²) in [4.78, 5) is 20.1. The molecule has 2 aliphatic heterocycles. The van der Waals surface area contributed by atoms with Crippen molar-refractivity contribution in [2.45, 2.75) is 38.7 Å². The van der Waals surface area contributed by atoms with Crippen LogP contribution in [0.2, 0.25) is 0 Å². The van der Waals surface area contributed by atoms with Gasteiger partial charge in [0.1, 0.15) is 5.82 Å². The molecule has 1 aromatic heterocycles. The Morgan fingerprint density at radius 2 is 2.11 bits per heavy atom. The Kier molecular flexibility index (Phi) is 4.70. The third-order valence-electron chi connectivity index (χ3n) is 4.74. The molecule has 0 radical (unpaired) electrons. The molecule has 0 unspecified atom stereocenters. The fraction of sp³-hybridized carbons (Fsp3) is 0.400. The van der Waals surface area contributed by atoms with Crippen LogP contribution in [0.25, 0.3) is 11.6 Å². The van der Waals surface area contributed by atoms with Gasteiger partial charge in [-0.3, -0.25) is 4.79 Å². The highest BCUT2D eigenvalue weighted by Gasteiger charge is 2.27. The third kappa shape index (κ3) is 3.60. The van der Waals surface area contributed by atoms with E-state index in [-0.39, 0.29) is 17.8 Å². The highest BCUT2D eigenvalue weighted by molar-refractivity contribution is 6.34. The first-order chi connectivity index (χ1) is 13.0. The number of hydrogen-bond acceptors (Lipinski definition) is 4. The maximum absolute atomic E-state index is 14.2. The summed E-state index contributed by atoms with van der Waals surface area (Å²) >= 11 is 0. The van der Waals surface area contributed by atoms with Gasteiger partial charge in [0.15, 0.2) is 11.6 Å². The molecule has 0 atom stereocenters. The first kappa shape index (κ1) is 17.7. The lowest BCUT2D eigenvalue weighted by molar-refractivity contribution is -0.110. The highest BCUT2D eigenvalue weighted by Crippen LogP contribution is 2.37. The monoisotopic (exact) mass is 371 g/mol. The van der Waals surface area contributed by atoms with Crippen molar-refractivity contribution >= 4 is 23.2 Å². The summed E-state index contributed by atoms with van der Waals surface area (Å²) in [6.07, 6.45) is 5.17. The SMILES string of the molecule is CC(C)Oc1cc2c(cc1F)NC(=O)/C2=C\c1cnc(C2CCOCC2)[nH]1. The van der Waals surface area contributed by atoms with Crippen LogP contribution in [0, 0.1) is 5.82 Å². The zero-order valence-corrected chi connectivity index (χ0v) is 15.3. The van der Waals surface area contributed by atoms with E-state index in [9.17, 15) is 9.18 Å². The molecule has 7 heteroatoms. The fourth-order valence-corrected chi connectivity index (χ4v) is 3.44. The van der Waals surface area contributed by atoms with Gasteiger partial charge in [-0.05, 0) is 38.8 Å². The number of anilines is 1. The Hall–Kier alpha value is -2.67. The van der Waals surface area contributed by atoms with Crippen LogP contribution < -0.4 is 10.1 Å². The van der Waals surface area contributed by atoms with Crippen LogP contribution in [-0.2, 0) is 9.53 Å². The second-order valence-electron chi connectivity index (χ2n) is 7.12. The molecule has 0 aliphatic carbocycles. The van der Waals surface area contributed by atoms with Gasteiger partial charge in [-0.15, -0.1) is 0 Å². The van der Waals surface area contributed by atoms with Gasteiger partial charge in [0, 0.05) is 30.8 Å². The molecule has 4 rings (SSSR count). The third-order valence-corrected chi connectivity index (χ3v) is 4.74. The Morgan fingerprint density at radius 3 is 2.85 bits per heavy atom. The van der Waals surface area contributed by atoms with Gasteiger partial charge in [-0.1, -0.05) is 0 Å². The number of rotatable bonds is 4. The van der Waals surface area contributed by atoms with Gasteiger partial charge in [0.05, 0.1) is 29.3 Å². The van der Waals surface area contributed by atoms with Gasteiger partial charge in [0.25, 0.3) is 5.91 Å². The molecular formula is C20H22FN3O3. The summed E-state index contributed by atoms with van der Waals surface area (Å²) in [6, 6.07) is 2.87. The molecular weight excluding hydrogens is 349 g/mol. The number of fused-ring (bicyclic) bond motifs is 1. The number of imidazole rings is 1. The van der Waals surface area contributed by atoms with Crippen molar-refractivity contribution in [1.29, 1.82) is 0 Å². The minimum Gasteiger partial charge on any atom is -0.488 e. The Bertz CT molecular complexity index is 898. The predicted octanol–water partition coefficient (Wildman–Crippen LogP) is 3.72. The molecule has 0 bridgehead atoms. The second-order valence-corrected chi connectivity index (χ2v) is 7.12. The zero-order valence-electron chi connectivity index (χ0n) is 15.3. The van der Waals surface area contributed by atoms with E-state index >= 15 is 0 Å². The van der Waals surface area contributed by atoms with Crippen LogP contribution in [-0.4, -0.2) is 35.2 Å². The first-order valence-corrected chi connectivity index (χ1v) is 9.17. The number of halogens is 1. The second kappa shape index (κ2) is 7.15. The molecule has 1 amide bonds. The number of aromatic amines is 1. The molecule has 1 aromatic carbocycles. The number of aromatic nitrogens is 2. The van der Waals surface area contributed by atoms with Crippen LogP contribution in [0.5, 0.6) is 5.75 Å². The molecule has 27 heavy (non-hydrogen) atoms. The van der Waals surface area contributed by atoms with E-state index in [2.05, 4.69) is 15.3 Å². The van der Waals surface area contributed by atoms with E-state index in [1.165, 1.54) is 6.07 Å². The average molecular weight is 371 g/mol. The van der Waals surface area contributed by atoms with Crippen LogP contribution >= 0.6 is 0 Å². The zero-order chi connectivity index (χ0) is 19.0. The van der Waals surface area contributed by atoms with Gasteiger partial charge in [0.2, 0.25) is 0 Å². The Labute approximate surface area is 156 Å².